The molecule has 2 unspecified atom stereocenters. The van der Waals surface area contributed by atoms with Crippen molar-refractivity contribution in [3.63, 3.8) is 0 Å². The van der Waals surface area contributed by atoms with Gasteiger partial charge in [0.15, 0.2) is 0 Å². The van der Waals surface area contributed by atoms with E-state index >= 15 is 0 Å². The topological polar surface area (TPSA) is 93.5 Å². The summed E-state index contributed by atoms with van der Waals surface area (Å²) in [6, 6.07) is 6.65. The second kappa shape index (κ2) is 7.92. The normalized spacial score (nSPS) is 29.3. The number of nitrogens with zero attached hydrogens (tertiary/aromatic N) is 3. The third kappa shape index (κ3) is 3.70. The van der Waals surface area contributed by atoms with Gasteiger partial charge in [0.05, 0.1) is 18.9 Å². The average Bonchev–Trinajstić information content (AvgIpc) is 3.51. The van der Waals surface area contributed by atoms with Gasteiger partial charge in [0.25, 0.3) is 5.91 Å². The van der Waals surface area contributed by atoms with Crippen molar-refractivity contribution in [3.8, 4) is 5.69 Å². The molecular weight excluding hydrogens is 440 g/mol. The summed E-state index contributed by atoms with van der Waals surface area (Å²) in [7, 11) is -3.83. The molecule has 2 saturated carbocycles. The van der Waals surface area contributed by atoms with E-state index in [0.29, 0.717) is 30.4 Å². The van der Waals surface area contributed by atoms with Crippen molar-refractivity contribution in [1.29, 1.82) is 0 Å². The van der Waals surface area contributed by atoms with Crippen molar-refractivity contribution in [1.82, 2.24) is 19.4 Å². The maximum Gasteiger partial charge on any atom is 0.251 e. The largest absolute Gasteiger partial charge is 0.379 e. The van der Waals surface area contributed by atoms with Gasteiger partial charge in [0.2, 0.25) is 10.0 Å². The van der Waals surface area contributed by atoms with Crippen LogP contribution in [0.15, 0.2) is 41.6 Å². The zero-order valence-electron chi connectivity index (χ0n) is 19.5. The van der Waals surface area contributed by atoms with E-state index in [1.165, 1.54) is 21.5 Å². The van der Waals surface area contributed by atoms with E-state index in [9.17, 15) is 13.2 Å². The highest BCUT2D eigenvalue weighted by Gasteiger charge is 2.59. The molecule has 3 atom stereocenters. The van der Waals surface area contributed by atoms with E-state index in [1.807, 2.05) is 0 Å². The van der Waals surface area contributed by atoms with Crippen molar-refractivity contribution in [3.05, 3.63) is 42.2 Å². The van der Waals surface area contributed by atoms with E-state index in [-0.39, 0.29) is 40.8 Å². The molecule has 1 aromatic carbocycles. The molecule has 2 aliphatic carbocycles. The molecule has 0 radical (unpaired) electrons. The first kappa shape index (κ1) is 22.6. The van der Waals surface area contributed by atoms with Crippen LogP contribution in [0.4, 0.5) is 0 Å². The van der Waals surface area contributed by atoms with Crippen molar-refractivity contribution >= 4 is 15.9 Å². The highest BCUT2D eigenvalue weighted by atomic mass is 32.2. The molecule has 1 saturated heterocycles. The predicted octanol–water partition coefficient (Wildman–Crippen LogP) is 2.84. The molecule has 33 heavy (non-hydrogen) atoms. The average molecular weight is 473 g/mol. The Hall–Kier alpha value is -2.23. The van der Waals surface area contributed by atoms with Crippen LogP contribution in [0.1, 0.15) is 50.4 Å². The van der Waals surface area contributed by atoms with Gasteiger partial charge in [-0.25, -0.2) is 13.1 Å². The molecule has 1 N–H and O–H groups in total. The summed E-state index contributed by atoms with van der Waals surface area (Å²) in [5.41, 5.74) is 0.872. The third-order valence-electron chi connectivity index (χ3n) is 8.11. The van der Waals surface area contributed by atoms with Crippen molar-refractivity contribution < 1.29 is 17.9 Å². The second-order valence-electron chi connectivity index (χ2n) is 10.5. The number of carbonyl (C=O) groups excluding carboxylic acids is 1. The first-order chi connectivity index (χ1) is 15.6. The van der Waals surface area contributed by atoms with Crippen LogP contribution in [0.5, 0.6) is 0 Å². The van der Waals surface area contributed by atoms with Gasteiger partial charge in [-0.2, -0.15) is 9.40 Å². The maximum atomic E-state index is 13.6. The molecule has 2 aromatic rings. The van der Waals surface area contributed by atoms with Crippen LogP contribution in [0, 0.1) is 16.7 Å². The first-order valence-corrected chi connectivity index (χ1v) is 13.1. The van der Waals surface area contributed by atoms with E-state index in [2.05, 4.69) is 31.2 Å². The molecule has 1 aromatic heterocycles. The number of carbonyl (C=O) groups is 1. The molecular formula is C24H32N4O4S. The van der Waals surface area contributed by atoms with E-state index in [4.69, 9.17) is 4.74 Å². The molecule has 3 fully saturated rings. The molecule has 2 heterocycles. The fourth-order valence-electron chi connectivity index (χ4n) is 6.27. The number of amides is 1. The van der Waals surface area contributed by atoms with Crippen LogP contribution in [0.3, 0.4) is 0 Å². The van der Waals surface area contributed by atoms with E-state index < -0.39 is 10.0 Å². The Morgan fingerprint density at radius 3 is 2.61 bits per heavy atom. The smallest absolute Gasteiger partial charge is 0.251 e. The lowest BCUT2D eigenvalue weighted by Gasteiger charge is -2.43. The number of nitrogens with one attached hydrogen (secondary N) is 1. The highest BCUT2D eigenvalue weighted by Crippen LogP contribution is 2.62. The molecule has 0 spiro atoms. The molecule has 1 aliphatic heterocycles. The number of ether oxygens (including phenoxy) is 1. The standard InChI is InChI=1S/C24H32N4O4S/c1-23(2)18-7-8-24(3,16-18)22(23)26-21(29)17-5-6-19(28-10-4-9-25-28)20(15-17)33(30,31)27-11-13-32-14-12-27/h4-6,9-10,15,18,22H,7-8,11-14,16H2,1-3H3,(H,26,29)/t18-,22?,24?/m1/s1. The van der Waals surface area contributed by atoms with Crippen LogP contribution >= 0.6 is 0 Å². The quantitative estimate of drug-likeness (QED) is 0.722. The Morgan fingerprint density at radius 1 is 1.21 bits per heavy atom. The lowest BCUT2D eigenvalue weighted by atomic mass is 9.68. The predicted molar refractivity (Wildman–Crippen MR) is 124 cm³/mol. The van der Waals surface area contributed by atoms with Crippen LogP contribution in [-0.2, 0) is 14.8 Å². The van der Waals surface area contributed by atoms with Gasteiger partial charge < -0.3 is 10.1 Å². The zero-order chi connectivity index (χ0) is 23.4. The third-order valence-corrected chi connectivity index (χ3v) is 10.0. The molecule has 3 aliphatic rings. The van der Waals surface area contributed by atoms with Gasteiger partial charge in [0.1, 0.15) is 4.90 Å². The second-order valence-corrected chi connectivity index (χ2v) is 12.4. The minimum Gasteiger partial charge on any atom is -0.379 e. The minimum atomic E-state index is -3.83. The van der Waals surface area contributed by atoms with Crippen molar-refractivity contribution in [2.75, 3.05) is 26.3 Å². The fourth-order valence-corrected chi connectivity index (χ4v) is 7.88. The van der Waals surface area contributed by atoms with E-state index in [1.54, 1.807) is 30.6 Å². The number of benzene rings is 1. The molecule has 2 bridgehead atoms. The molecule has 5 rings (SSSR count). The summed E-state index contributed by atoms with van der Waals surface area (Å²) < 4.78 is 35.4. The Kier molecular flexibility index (Phi) is 5.42. The monoisotopic (exact) mass is 472 g/mol. The van der Waals surface area contributed by atoms with Gasteiger partial charge in [-0.3, -0.25) is 4.79 Å². The fraction of sp³-hybridized carbons (Fsp3) is 0.583. The van der Waals surface area contributed by atoms with Crippen LogP contribution < -0.4 is 5.32 Å². The molecule has 8 nitrogen and oxygen atoms in total. The highest BCUT2D eigenvalue weighted by molar-refractivity contribution is 7.89. The number of hydrogen-bond acceptors (Lipinski definition) is 5. The Labute approximate surface area is 195 Å². The van der Waals surface area contributed by atoms with Crippen LogP contribution in [0.25, 0.3) is 5.69 Å². The summed E-state index contributed by atoms with van der Waals surface area (Å²) >= 11 is 0. The number of rotatable bonds is 5. The summed E-state index contributed by atoms with van der Waals surface area (Å²) in [5.74, 6) is 0.375. The summed E-state index contributed by atoms with van der Waals surface area (Å²) in [4.78, 5) is 13.5. The SMILES string of the molecule is CC12CC[C@H](C1)C(C)(C)C2NC(=O)c1ccc(-n2cccn2)c(S(=O)(=O)N2CCOCC2)c1. The van der Waals surface area contributed by atoms with Crippen molar-refractivity contribution in [2.45, 2.75) is 51.0 Å². The zero-order valence-corrected chi connectivity index (χ0v) is 20.3. The van der Waals surface area contributed by atoms with Gasteiger partial charge in [-0.15, -0.1) is 0 Å². The van der Waals surface area contributed by atoms with Gasteiger partial charge in [-0.05, 0) is 60.3 Å². The minimum absolute atomic E-state index is 0.0143. The Bertz CT molecular complexity index is 1150. The van der Waals surface area contributed by atoms with Gasteiger partial charge in [-0.1, -0.05) is 20.8 Å². The number of aromatic nitrogens is 2. The Balaban J connectivity index is 1.50. The molecule has 9 heteroatoms. The number of hydrogen-bond donors (Lipinski definition) is 1. The first-order valence-electron chi connectivity index (χ1n) is 11.7. The van der Waals surface area contributed by atoms with Gasteiger partial charge >= 0.3 is 0 Å². The summed E-state index contributed by atoms with van der Waals surface area (Å²) in [6.45, 7) is 8.02. The maximum absolute atomic E-state index is 13.6. The summed E-state index contributed by atoms with van der Waals surface area (Å²) in [6.07, 6.45) is 6.74. The molecule has 178 valence electrons. The molecule has 1 amide bonds. The van der Waals surface area contributed by atoms with Crippen LogP contribution in [0.2, 0.25) is 0 Å². The van der Waals surface area contributed by atoms with Gasteiger partial charge in [0, 0.05) is 37.1 Å². The number of morpholine rings is 1. The lowest BCUT2D eigenvalue weighted by molar-refractivity contribution is 0.0728. The van der Waals surface area contributed by atoms with E-state index in [0.717, 1.165) is 12.8 Å². The Morgan fingerprint density at radius 2 is 1.97 bits per heavy atom. The summed E-state index contributed by atoms with van der Waals surface area (Å²) in [5, 5.41) is 7.51. The lowest BCUT2D eigenvalue weighted by Crippen LogP contribution is -2.52. The number of fused-ring (bicyclic) bond motifs is 2. The van der Waals surface area contributed by atoms with Crippen molar-refractivity contribution in [2.24, 2.45) is 16.7 Å². The van der Waals surface area contributed by atoms with Crippen LogP contribution in [-0.4, -0.2) is 60.8 Å². The number of sulfonamides is 1.